The first kappa shape index (κ1) is 18.1. The van der Waals surface area contributed by atoms with Crippen molar-refractivity contribution in [3.63, 3.8) is 0 Å². The smallest absolute Gasteiger partial charge is 0.336 e. The van der Waals surface area contributed by atoms with Gasteiger partial charge >= 0.3 is 5.97 Å². The summed E-state index contributed by atoms with van der Waals surface area (Å²) in [6.45, 7) is 3.61. The highest BCUT2D eigenvalue weighted by Gasteiger charge is 2.29. The zero-order valence-electron chi connectivity index (χ0n) is 12.4. The Labute approximate surface area is 128 Å². The van der Waals surface area contributed by atoms with Gasteiger partial charge in [0.25, 0.3) is 15.8 Å². The van der Waals surface area contributed by atoms with Gasteiger partial charge < -0.3 is 4.74 Å². The van der Waals surface area contributed by atoms with Crippen LogP contribution in [0.4, 0.5) is 5.69 Å². The van der Waals surface area contributed by atoms with E-state index in [1.165, 1.54) is 0 Å². The molecule has 9 heteroatoms. The third-order valence-corrected chi connectivity index (χ3v) is 4.06. The molecule has 0 spiro atoms. The Balaban J connectivity index is 3.01. The van der Waals surface area contributed by atoms with Crippen LogP contribution in [-0.2, 0) is 23.8 Å². The standard InChI is InChI=1S/C13H17NO7S/c1-9(2)8-12(13(15)20-3)21-22(18,19)11-6-4-10(5-7-11)14(16)17/h4-7,9,12H,8H2,1-3H3/t12-/m0/s1. The maximum Gasteiger partial charge on any atom is 0.336 e. The lowest BCUT2D eigenvalue weighted by Crippen LogP contribution is -2.30. The Morgan fingerprint density at radius 1 is 1.27 bits per heavy atom. The van der Waals surface area contributed by atoms with Gasteiger partial charge in [0.2, 0.25) is 0 Å². The summed E-state index contributed by atoms with van der Waals surface area (Å²) in [5.74, 6) is -0.782. The quantitative estimate of drug-likeness (QED) is 0.324. The number of non-ortho nitro benzene ring substituents is 1. The van der Waals surface area contributed by atoms with E-state index < -0.39 is 27.1 Å². The predicted octanol–water partition coefficient (Wildman–Crippen LogP) is 1.89. The van der Waals surface area contributed by atoms with Crippen LogP contribution in [0.25, 0.3) is 0 Å². The van der Waals surface area contributed by atoms with Gasteiger partial charge in [-0.1, -0.05) is 13.8 Å². The van der Waals surface area contributed by atoms with Crippen molar-refractivity contribution >= 4 is 21.8 Å². The Kier molecular flexibility index (Phi) is 6.01. The average Bonchev–Trinajstić information content (AvgIpc) is 2.45. The Morgan fingerprint density at radius 3 is 2.23 bits per heavy atom. The van der Waals surface area contributed by atoms with Gasteiger partial charge in [0.1, 0.15) is 0 Å². The molecular weight excluding hydrogens is 314 g/mol. The number of ether oxygens (including phenoxy) is 1. The van der Waals surface area contributed by atoms with E-state index >= 15 is 0 Å². The number of nitrogens with zero attached hydrogens (tertiary/aromatic N) is 1. The maximum atomic E-state index is 12.1. The number of nitro groups is 1. The highest BCUT2D eigenvalue weighted by atomic mass is 32.2. The van der Waals surface area contributed by atoms with Crippen molar-refractivity contribution in [2.45, 2.75) is 31.3 Å². The molecule has 0 saturated heterocycles. The fourth-order valence-electron chi connectivity index (χ4n) is 1.68. The Bertz CT molecular complexity index is 637. The third-order valence-electron chi connectivity index (χ3n) is 2.73. The molecule has 0 bridgehead atoms. The van der Waals surface area contributed by atoms with Gasteiger partial charge in [-0.25, -0.2) is 4.79 Å². The summed E-state index contributed by atoms with van der Waals surface area (Å²) in [6, 6.07) is 4.20. The average molecular weight is 331 g/mol. The summed E-state index contributed by atoms with van der Waals surface area (Å²) < 4.78 is 33.7. The largest absolute Gasteiger partial charge is 0.467 e. The highest BCUT2D eigenvalue weighted by Crippen LogP contribution is 2.21. The summed E-state index contributed by atoms with van der Waals surface area (Å²) in [5, 5.41) is 10.6. The number of esters is 1. The molecule has 0 aliphatic rings. The van der Waals surface area contributed by atoms with Gasteiger partial charge in [0.05, 0.1) is 16.9 Å². The zero-order valence-corrected chi connectivity index (χ0v) is 13.2. The van der Waals surface area contributed by atoms with Crippen molar-refractivity contribution in [2.75, 3.05) is 7.11 Å². The van der Waals surface area contributed by atoms with E-state index in [0.717, 1.165) is 31.4 Å². The monoisotopic (exact) mass is 331 g/mol. The molecule has 1 aromatic carbocycles. The lowest BCUT2D eigenvalue weighted by Gasteiger charge is -2.17. The van der Waals surface area contributed by atoms with Crippen molar-refractivity contribution in [1.82, 2.24) is 0 Å². The molecule has 0 unspecified atom stereocenters. The zero-order chi connectivity index (χ0) is 16.9. The molecule has 0 aromatic heterocycles. The summed E-state index contributed by atoms with van der Waals surface area (Å²) in [6.07, 6.45) is -1.09. The van der Waals surface area contributed by atoms with Crippen molar-refractivity contribution in [2.24, 2.45) is 5.92 Å². The molecule has 0 saturated carbocycles. The minimum Gasteiger partial charge on any atom is -0.467 e. The van der Waals surface area contributed by atoms with Gasteiger partial charge in [0.15, 0.2) is 6.10 Å². The van der Waals surface area contributed by atoms with E-state index in [2.05, 4.69) is 4.74 Å². The topological polar surface area (TPSA) is 113 Å². The first-order valence-corrected chi connectivity index (χ1v) is 7.83. The maximum absolute atomic E-state index is 12.1. The predicted molar refractivity (Wildman–Crippen MR) is 76.6 cm³/mol. The number of methoxy groups -OCH3 is 1. The second kappa shape index (κ2) is 7.32. The second-order valence-corrected chi connectivity index (χ2v) is 6.51. The Morgan fingerprint density at radius 2 is 1.82 bits per heavy atom. The van der Waals surface area contributed by atoms with Crippen molar-refractivity contribution in [3.8, 4) is 0 Å². The van der Waals surface area contributed by atoms with Gasteiger partial charge in [0, 0.05) is 12.1 Å². The van der Waals surface area contributed by atoms with Crippen LogP contribution in [0.2, 0.25) is 0 Å². The summed E-state index contributed by atoms with van der Waals surface area (Å²) >= 11 is 0. The molecule has 0 aliphatic heterocycles. The van der Waals surface area contributed by atoms with Gasteiger partial charge in [-0.15, -0.1) is 0 Å². The fourth-order valence-corrected chi connectivity index (χ4v) is 2.72. The van der Waals surface area contributed by atoms with Crippen LogP contribution in [0, 0.1) is 16.0 Å². The van der Waals surface area contributed by atoms with Crippen LogP contribution in [0.1, 0.15) is 20.3 Å². The molecule has 122 valence electrons. The Hall–Kier alpha value is -2.00. The number of hydrogen-bond acceptors (Lipinski definition) is 7. The van der Waals surface area contributed by atoms with Gasteiger partial charge in [-0.05, 0) is 24.5 Å². The molecule has 1 aromatic rings. The van der Waals surface area contributed by atoms with Gasteiger partial charge in [-0.3, -0.25) is 14.3 Å². The molecule has 8 nitrogen and oxygen atoms in total. The second-order valence-electron chi connectivity index (χ2n) is 4.94. The van der Waals surface area contributed by atoms with E-state index in [-0.39, 0.29) is 22.9 Å². The number of rotatable bonds is 7. The molecule has 1 rings (SSSR count). The molecule has 0 N–H and O–H groups in total. The van der Waals surface area contributed by atoms with Crippen molar-refractivity contribution in [1.29, 1.82) is 0 Å². The molecule has 1 atom stereocenters. The fraction of sp³-hybridized carbons (Fsp3) is 0.462. The lowest BCUT2D eigenvalue weighted by molar-refractivity contribution is -0.384. The lowest BCUT2D eigenvalue weighted by atomic mass is 10.1. The molecule has 0 amide bonds. The SMILES string of the molecule is COC(=O)[C@H](CC(C)C)OS(=O)(=O)c1ccc([N+](=O)[O-])cc1. The molecule has 0 fully saturated rings. The molecule has 0 aliphatic carbocycles. The molecule has 0 heterocycles. The minimum atomic E-state index is -4.23. The van der Waals surface area contributed by atoms with Crippen LogP contribution in [0.5, 0.6) is 0 Å². The third kappa shape index (κ3) is 4.78. The van der Waals surface area contributed by atoms with E-state index in [9.17, 15) is 23.3 Å². The van der Waals surface area contributed by atoms with Crippen molar-refractivity contribution in [3.05, 3.63) is 34.4 Å². The highest BCUT2D eigenvalue weighted by molar-refractivity contribution is 7.86. The minimum absolute atomic E-state index is 0.0103. The number of carbonyl (C=O) groups is 1. The number of nitro benzene ring substituents is 1. The van der Waals surface area contributed by atoms with Gasteiger partial charge in [-0.2, -0.15) is 8.42 Å². The number of hydrogen-bond donors (Lipinski definition) is 0. The van der Waals surface area contributed by atoms with E-state index in [1.54, 1.807) is 13.8 Å². The van der Waals surface area contributed by atoms with Crippen LogP contribution in [0.3, 0.4) is 0 Å². The molecule has 22 heavy (non-hydrogen) atoms. The van der Waals surface area contributed by atoms with Crippen LogP contribution in [0.15, 0.2) is 29.2 Å². The summed E-state index contributed by atoms with van der Waals surface area (Å²) in [5.41, 5.74) is -0.245. The van der Waals surface area contributed by atoms with Crippen LogP contribution >= 0.6 is 0 Å². The normalized spacial score (nSPS) is 12.9. The van der Waals surface area contributed by atoms with Crippen LogP contribution in [-0.4, -0.2) is 32.5 Å². The summed E-state index contributed by atoms with van der Waals surface area (Å²) in [7, 11) is -3.09. The summed E-state index contributed by atoms with van der Waals surface area (Å²) in [4.78, 5) is 21.2. The first-order valence-electron chi connectivity index (χ1n) is 6.43. The van der Waals surface area contributed by atoms with Crippen LogP contribution < -0.4 is 0 Å². The van der Waals surface area contributed by atoms with E-state index in [0.29, 0.717) is 0 Å². The first-order chi connectivity index (χ1) is 10.2. The van der Waals surface area contributed by atoms with E-state index in [1.807, 2.05) is 0 Å². The molecule has 0 radical (unpaired) electrons. The van der Waals surface area contributed by atoms with E-state index in [4.69, 9.17) is 4.18 Å². The number of carbonyl (C=O) groups excluding carboxylic acids is 1. The van der Waals surface area contributed by atoms with Crippen molar-refractivity contribution < 1.29 is 27.1 Å². The number of benzene rings is 1. The molecular formula is C13H17NO7S.